The second-order valence-corrected chi connectivity index (χ2v) is 5.89. The van der Waals surface area contributed by atoms with E-state index in [2.05, 4.69) is 26.9 Å². The van der Waals surface area contributed by atoms with Gasteiger partial charge >= 0.3 is 0 Å². The number of benzene rings is 2. The first-order valence-corrected chi connectivity index (χ1v) is 7.49. The van der Waals surface area contributed by atoms with Crippen molar-refractivity contribution in [2.75, 3.05) is 13.7 Å². The van der Waals surface area contributed by atoms with E-state index in [-0.39, 0.29) is 12.6 Å². The number of halogens is 1. The molecule has 0 radical (unpaired) electrons. The van der Waals surface area contributed by atoms with Crippen LogP contribution in [0.4, 0.5) is 0 Å². The van der Waals surface area contributed by atoms with Crippen molar-refractivity contribution in [3.63, 3.8) is 0 Å². The summed E-state index contributed by atoms with van der Waals surface area (Å²) in [6.07, 6.45) is 0. The maximum absolute atomic E-state index is 9.70. The molecule has 0 aliphatic rings. The molecule has 108 valence electrons. The first-order valence-electron chi connectivity index (χ1n) is 6.69. The number of hydrogen-bond donors (Lipinski definition) is 1. The van der Waals surface area contributed by atoms with Gasteiger partial charge in [0.05, 0.1) is 24.3 Å². The standard InChI is InChI=1S/C17H17BrN2O/c1-20(11-14-7-5-13(10-19)6-8-14)17(12-21)15-3-2-4-16(18)9-15/h2-9,17,21H,11-12H2,1H3. The molecule has 0 spiro atoms. The van der Waals surface area contributed by atoms with Crippen molar-refractivity contribution in [3.8, 4) is 6.07 Å². The molecular formula is C17H17BrN2O. The molecular weight excluding hydrogens is 328 g/mol. The van der Waals surface area contributed by atoms with Gasteiger partial charge in [-0.25, -0.2) is 0 Å². The molecule has 1 unspecified atom stereocenters. The molecule has 3 nitrogen and oxygen atoms in total. The van der Waals surface area contributed by atoms with Crippen LogP contribution in [0.1, 0.15) is 22.7 Å². The van der Waals surface area contributed by atoms with Gasteiger partial charge in [0.15, 0.2) is 0 Å². The fourth-order valence-electron chi connectivity index (χ4n) is 2.30. The highest BCUT2D eigenvalue weighted by molar-refractivity contribution is 9.10. The van der Waals surface area contributed by atoms with E-state index in [0.717, 1.165) is 15.6 Å². The lowest BCUT2D eigenvalue weighted by Crippen LogP contribution is -2.26. The number of nitriles is 1. The van der Waals surface area contributed by atoms with E-state index < -0.39 is 0 Å². The molecule has 0 heterocycles. The third-order valence-electron chi connectivity index (χ3n) is 3.45. The summed E-state index contributed by atoms with van der Waals surface area (Å²) in [6, 6.07) is 17.6. The highest BCUT2D eigenvalue weighted by Gasteiger charge is 2.16. The molecule has 0 saturated carbocycles. The minimum atomic E-state index is -0.0573. The van der Waals surface area contributed by atoms with Gasteiger partial charge in [-0.2, -0.15) is 5.26 Å². The molecule has 2 rings (SSSR count). The Labute approximate surface area is 133 Å². The Morgan fingerprint density at radius 3 is 2.52 bits per heavy atom. The van der Waals surface area contributed by atoms with Gasteiger partial charge in [-0.1, -0.05) is 40.2 Å². The largest absolute Gasteiger partial charge is 0.394 e. The average Bonchev–Trinajstić information content (AvgIpc) is 2.49. The summed E-state index contributed by atoms with van der Waals surface area (Å²) < 4.78 is 1.00. The zero-order chi connectivity index (χ0) is 15.2. The summed E-state index contributed by atoms with van der Waals surface area (Å²) in [5.74, 6) is 0. The molecule has 1 N–H and O–H groups in total. The maximum atomic E-state index is 9.70. The van der Waals surface area contributed by atoms with Crippen LogP contribution in [0.3, 0.4) is 0 Å². The number of aliphatic hydroxyl groups excluding tert-OH is 1. The molecule has 1 atom stereocenters. The van der Waals surface area contributed by atoms with E-state index >= 15 is 0 Å². The summed E-state index contributed by atoms with van der Waals surface area (Å²) >= 11 is 3.46. The van der Waals surface area contributed by atoms with E-state index in [4.69, 9.17) is 5.26 Å². The number of likely N-dealkylation sites (N-methyl/N-ethyl adjacent to an activating group) is 1. The highest BCUT2D eigenvalue weighted by atomic mass is 79.9. The third kappa shape index (κ3) is 4.15. The van der Waals surface area contributed by atoms with Gasteiger partial charge in [-0.3, -0.25) is 4.90 Å². The second-order valence-electron chi connectivity index (χ2n) is 4.98. The van der Waals surface area contributed by atoms with Crippen molar-refractivity contribution in [1.29, 1.82) is 5.26 Å². The van der Waals surface area contributed by atoms with Crippen LogP contribution in [0.2, 0.25) is 0 Å². The van der Waals surface area contributed by atoms with Crippen molar-refractivity contribution in [2.45, 2.75) is 12.6 Å². The van der Waals surface area contributed by atoms with Gasteiger partial charge in [-0.05, 0) is 42.4 Å². The zero-order valence-corrected chi connectivity index (χ0v) is 13.4. The molecule has 0 saturated heterocycles. The third-order valence-corrected chi connectivity index (χ3v) is 3.95. The van der Waals surface area contributed by atoms with Crippen LogP contribution in [0.25, 0.3) is 0 Å². The lowest BCUT2D eigenvalue weighted by atomic mass is 10.1. The first-order chi connectivity index (χ1) is 10.1. The van der Waals surface area contributed by atoms with Crippen molar-refractivity contribution < 1.29 is 5.11 Å². The normalized spacial score (nSPS) is 12.1. The molecule has 0 aliphatic heterocycles. The highest BCUT2D eigenvalue weighted by Crippen LogP contribution is 2.23. The molecule has 0 bridgehead atoms. The quantitative estimate of drug-likeness (QED) is 0.902. The van der Waals surface area contributed by atoms with Crippen LogP contribution in [-0.4, -0.2) is 23.7 Å². The van der Waals surface area contributed by atoms with Gasteiger partial charge < -0.3 is 5.11 Å². The Morgan fingerprint density at radius 2 is 1.95 bits per heavy atom. The molecule has 4 heteroatoms. The predicted octanol–water partition coefficient (Wildman–Crippen LogP) is 3.49. The molecule has 21 heavy (non-hydrogen) atoms. The maximum Gasteiger partial charge on any atom is 0.0991 e. The van der Waals surface area contributed by atoms with Crippen molar-refractivity contribution in [2.24, 2.45) is 0 Å². The van der Waals surface area contributed by atoms with Crippen molar-refractivity contribution >= 4 is 15.9 Å². The average molecular weight is 345 g/mol. The van der Waals surface area contributed by atoms with Crippen molar-refractivity contribution in [1.82, 2.24) is 4.90 Å². The molecule has 2 aromatic carbocycles. The van der Waals surface area contributed by atoms with Crippen LogP contribution in [0, 0.1) is 11.3 Å². The predicted molar refractivity (Wildman–Crippen MR) is 86.6 cm³/mol. The summed E-state index contributed by atoms with van der Waals surface area (Å²) in [7, 11) is 1.99. The second kappa shape index (κ2) is 7.37. The van der Waals surface area contributed by atoms with Gasteiger partial charge in [0.25, 0.3) is 0 Å². The van der Waals surface area contributed by atoms with E-state index in [9.17, 15) is 5.11 Å². The topological polar surface area (TPSA) is 47.3 Å². The fourth-order valence-corrected chi connectivity index (χ4v) is 2.71. The molecule has 2 aromatic rings. The van der Waals surface area contributed by atoms with E-state index in [1.807, 2.05) is 55.6 Å². The Hall–Kier alpha value is -1.67. The van der Waals surface area contributed by atoms with E-state index in [0.29, 0.717) is 12.1 Å². The van der Waals surface area contributed by atoms with Gasteiger partial charge in [0, 0.05) is 11.0 Å². The Bertz CT molecular complexity index is 634. The van der Waals surface area contributed by atoms with E-state index in [1.54, 1.807) is 0 Å². The molecule has 0 fully saturated rings. The van der Waals surface area contributed by atoms with Crippen LogP contribution < -0.4 is 0 Å². The van der Waals surface area contributed by atoms with Crippen LogP contribution in [0.15, 0.2) is 53.0 Å². The number of hydrogen-bond acceptors (Lipinski definition) is 3. The SMILES string of the molecule is CN(Cc1ccc(C#N)cc1)C(CO)c1cccc(Br)c1. The van der Waals surface area contributed by atoms with Gasteiger partial charge in [0.1, 0.15) is 0 Å². The monoisotopic (exact) mass is 344 g/mol. The Balaban J connectivity index is 2.13. The summed E-state index contributed by atoms with van der Waals surface area (Å²) in [6.45, 7) is 0.771. The fraction of sp³-hybridized carbons (Fsp3) is 0.235. The molecule has 0 aliphatic carbocycles. The van der Waals surface area contributed by atoms with Crippen molar-refractivity contribution in [3.05, 3.63) is 69.7 Å². The Morgan fingerprint density at radius 1 is 1.24 bits per heavy atom. The number of aliphatic hydroxyl groups is 1. The van der Waals surface area contributed by atoms with Crippen LogP contribution in [-0.2, 0) is 6.54 Å². The van der Waals surface area contributed by atoms with Gasteiger partial charge in [-0.15, -0.1) is 0 Å². The zero-order valence-electron chi connectivity index (χ0n) is 11.8. The summed E-state index contributed by atoms with van der Waals surface area (Å²) in [5.41, 5.74) is 2.85. The smallest absolute Gasteiger partial charge is 0.0991 e. The lowest BCUT2D eigenvalue weighted by Gasteiger charge is -2.27. The summed E-state index contributed by atoms with van der Waals surface area (Å²) in [4.78, 5) is 2.10. The minimum Gasteiger partial charge on any atom is -0.394 e. The van der Waals surface area contributed by atoms with E-state index in [1.165, 1.54) is 0 Å². The Kier molecular flexibility index (Phi) is 5.51. The lowest BCUT2D eigenvalue weighted by molar-refractivity contribution is 0.142. The number of rotatable bonds is 5. The molecule has 0 aromatic heterocycles. The van der Waals surface area contributed by atoms with Crippen LogP contribution >= 0.6 is 15.9 Å². The first kappa shape index (κ1) is 15.7. The molecule has 0 amide bonds. The van der Waals surface area contributed by atoms with Gasteiger partial charge in [0.2, 0.25) is 0 Å². The minimum absolute atomic E-state index is 0.0573. The summed E-state index contributed by atoms with van der Waals surface area (Å²) in [5, 5.41) is 18.5. The number of nitrogens with zero attached hydrogens (tertiary/aromatic N) is 2. The van der Waals surface area contributed by atoms with Crippen LogP contribution in [0.5, 0.6) is 0 Å².